The highest BCUT2D eigenvalue weighted by Crippen LogP contribution is 2.31. The second kappa shape index (κ2) is 5.63. The number of amides is 1. The van der Waals surface area contributed by atoms with Crippen molar-refractivity contribution in [3.63, 3.8) is 0 Å². The number of aromatic nitrogens is 3. The van der Waals surface area contributed by atoms with Crippen molar-refractivity contribution in [3.05, 3.63) is 58.6 Å². The molecule has 122 valence electrons. The largest absolute Gasteiger partial charge is 0.361 e. The van der Waals surface area contributed by atoms with E-state index in [0.29, 0.717) is 17.0 Å². The molecule has 4 rings (SSSR count). The fraction of sp³-hybridized carbons (Fsp3) is 0.278. The number of rotatable bonds is 3. The van der Waals surface area contributed by atoms with Crippen molar-refractivity contribution in [2.75, 3.05) is 5.32 Å². The van der Waals surface area contributed by atoms with E-state index in [1.807, 2.05) is 35.0 Å². The van der Waals surface area contributed by atoms with Gasteiger partial charge in [0.2, 0.25) is 0 Å². The van der Waals surface area contributed by atoms with Gasteiger partial charge in [-0.1, -0.05) is 23.4 Å². The highest BCUT2D eigenvalue weighted by molar-refractivity contribution is 6.05. The summed E-state index contributed by atoms with van der Waals surface area (Å²) in [6, 6.07) is 9.84. The minimum absolute atomic E-state index is 0.210. The molecule has 0 saturated heterocycles. The Hall–Kier alpha value is -2.89. The van der Waals surface area contributed by atoms with Gasteiger partial charge in [-0.25, -0.2) is 4.68 Å². The summed E-state index contributed by atoms with van der Waals surface area (Å²) < 4.78 is 6.93. The van der Waals surface area contributed by atoms with Crippen LogP contribution < -0.4 is 5.32 Å². The Morgan fingerprint density at radius 2 is 2.00 bits per heavy atom. The van der Waals surface area contributed by atoms with Gasteiger partial charge in [0.15, 0.2) is 0 Å². The van der Waals surface area contributed by atoms with Gasteiger partial charge < -0.3 is 9.84 Å². The van der Waals surface area contributed by atoms with Gasteiger partial charge in [0, 0.05) is 5.56 Å². The van der Waals surface area contributed by atoms with Crippen LogP contribution in [-0.2, 0) is 12.8 Å². The second-order valence-electron chi connectivity index (χ2n) is 6.03. The highest BCUT2D eigenvalue weighted by atomic mass is 16.5. The molecular formula is C18H18N4O2. The summed E-state index contributed by atoms with van der Waals surface area (Å²) >= 11 is 0. The van der Waals surface area contributed by atoms with E-state index in [9.17, 15) is 4.79 Å². The maximum Gasteiger partial charge on any atom is 0.262 e. The molecular weight excluding hydrogens is 304 g/mol. The lowest BCUT2D eigenvalue weighted by atomic mass is 10.2. The molecule has 3 aromatic rings. The Balaban J connectivity index is 1.76. The summed E-state index contributed by atoms with van der Waals surface area (Å²) in [5.74, 6) is 1.06. The van der Waals surface area contributed by atoms with Crippen molar-refractivity contribution < 1.29 is 9.32 Å². The number of para-hydroxylation sites is 1. The fourth-order valence-corrected chi connectivity index (χ4v) is 3.25. The minimum Gasteiger partial charge on any atom is -0.361 e. The number of hydrogen-bond acceptors (Lipinski definition) is 4. The fourth-order valence-electron chi connectivity index (χ4n) is 3.25. The molecule has 0 spiro atoms. The summed E-state index contributed by atoms with van der Waals surface area (Å²) in [5.41, 5.74) is 4.20. The molecule has 1 amide bonds. The van der Waals surface area contributed by atoms with Gasteiger partial charge in [-0.2, -0.15) is 5.10 Å². The van der Waals surface area contributed by atoms with Crippen molar-refractivity contribution in [2.24, 2.45) is 0 Å². The van der Waals surface area contributed by atoms with Crippen LogP contribution in [0.15, 0.2) is 34.9 Å². The highest BCUT2D eigenvalue weighted by Gasteiger charge is 2.26. The van der Waals surface area contributed by atoms with Gasteiger partial charge in [0.1, 0.15) is 17.1 Å². The first-order valence-electron chi connectivity index (χ1n) is 8.05. The van der Waals surface area contributed by atoms with Crippen molar-refractivity contribution in [3.8, 4) is 5.69 Å². The molecule has 0 atom stereocenters. The second-order valence-corrected chi connectivity index (χ2v) is 6.03. The van der Waals surface area contributed by atoms with Gasteiger partial charge in [0.25, 0.3) is 5.91 Å². The van der Waals surface area contributed by atoms with E-state index in [1.54, 1.807) is 13.8 Å². The summed E-state index contributed by atoms with van der Waals surface area (Å²) in [5, 5.41) is 11.6. The zero-order valence-electron chi connectivity index (χ0n) is 13.7. The third-order valence-corrected chi connectivity index (χ3v) is 4.40. The number of hydrogen-bond donors (Lipinski definition) is 1. The summed E-state index contributed by atoms with van der Waals surface area (Å²) in [6.45, 7) is 3.51. The smallest absolute Gasteiger partial charge is 0.262 e. The van der Waals surface area contributed by atoms with E-state index in [1.165, 1.54) is 0 Å². The van der Waals surface area contributed by atoms with Crippen LogP contribution in [0.5, 0.6) is 0 Å². The first-order chi connectivity index (χ1) is 11.6. The molecule has 24 heavy (non-hydrogen) atoms. The molecule has 1 aliphatic carbocycles. The van der Waals surface area contributed by atoms with E-state index in [2.05, 4.69) is 10.5 Å². The van der Waals surface area contributed by atoms with Crippen LogP contribution >= 0.6 is 0 Å². The maximum absolute atomic E-state index is 12.7. The van der Waals surface area contributed by atoms with Gasteiger partial charge in [-0.05, 0) is 45.2 Å². The van der Waals surface area contributed by atoms with Crippen molar-refractivity contribution in [1.82, 2.24) is 14.9 Å². The minimum atomic E-state index is -0.210. The number of benzene rings is 1. The molecule has 6 heteroatoms. The average Bonchev–Trinajstić information content (AvgIpc) is 3.25. The molecule has 1 aliphatic rings. The number of aryl methyl sites for hydroxylation is 3. The number of nitrogens with one attached hydrogen (secondary N) is 1. The Morgan fingerprint density at radius 1 is 1.21 bits per heavy atom. The summed E-state index contributed by atoms with van der Waals surface area (Å²) in [6.07, 6.45) is 2.95. The SMILES string of the molecule is Cc1noc(C)c1C(=O)Nc1c2c(nn1-c1ccccc1)CCC2. The van der Waals surface area contributed by atoms with E-state index in [-0.39, 0.29) is 5.91 Å². The third-order valence-electron chi connectivity index (χ3n) is 4.40. The van der Waals surface area contributed by atoms with Gasteiger partial charge in [-0.15, -0.1) is 0 Å². The molecule has 6 nitrogen and oxygen atoms in total. The van der Waals surface area contributed by atoms with Crippen LogP contribution in [0.3, 0.4) is 0 Å². The quantitative estimate of drug-likeness (QED) is 0.803. The normalized spacial score (nSPS) is 13.1. The first kappa shape index (κ1) is 14.7. The van der Waals surface area contributed by atoms with E-state index in [0.717, 1.165) is 42.0 Å². The molecule has 0 aliphatic heterocycles. The lowest BCUT2D eigenvalue weighted by Crippen LogP contribution is -2.17. The molecule has 0 unspecified atom stereocenters. The number of nitrogens with zero attached hydrogens (tertiary/aromatic N) is 3. The third kappa shape index (κ3) is 2.31. The van der Waals surface area contributed by atoms with E-state index >= 15 is 0 Å². The molecule has 2 aromatic heterocycles. The monoisotopic (exact) mass is 322 g/mol. The zero-order chi connectivity index (χ0) is 16.7. The number of carbonyl (C=O) groups is 1. The van der Waals surface area contributed by atoms with Gasteiger partial charge in [0.05, 0.1) is 17.1 Å². The lowest BCUT2D eigenvalue weighted by Gasteiger charge is -2.11. The molecule has 1 N–H and O–H groups in total. The zero-order valence-corrected chi connectivity index (χ0v) is 13.7. The molecule has 0 fully saturated rings. The van der Waals surface area contributed by atoms with Crippen LogP contribution in [0.25, 0.3) is 5.69 Å². The number of anilines is 1. The predicted molar refractivity (Wildman–Crippen MR) is 89.5 cm³/mol. The Morgan fingerprint density at radius 3 is 2.71 bits per heavy atom. The molecule has 1 aromatic carbocycles. The number of carbonyl (C=O) groups excluding carboxylic acids is 1. The first-order valence-corrected chi connectivity index (χ1v) is 8.05. The topological polar surface area (TPSA) is 73.0 Å². The van der Waals surface area contributed by atoms with Crippen LogP contribution in [-0.4, -0.2) is 20.8 Å². The number of fused-ring (bicyclic) bond motifs is 1. The van der Waals surface area contributed by atoms with Crippen molar-refractivity contribution in [1.29, 1.82) is 0 Å². The molecule has 0 radical (unpaired) electrons. The van der Waals surface area contributed by atoms with Crippen LogP contribution in [0, 0.1) is 13.8 Å². The predicted octanol–water partition coefficient (Wildman–Crippen LogP) is 3.22. The van der Waals surface area contributed by atoms with Gasteiger partial charge >= 0.3 is 0 Å². The standard InChI is InChI=1S/C18H18N4O2/c1-11-16(12(2)24-21-11)18(23)19-17-14-9-6-10-15(14)20-22(17)13-7-4-3-5-8-13/h3-5,7-8H,6,9-10H2,1-2H3,(H,19,23). The molecule has 0 saturated carbocycles. The molecule has 2 heterocycles. The Bertz CT molecular complexity index is 889. The van der Waals surface area contributed by atoms with Gasteiger partial charge in [-0.3, -0.25) is 4.79 Å². The maximum atomic E-state index is 12.7. The van der Waals surface area contributed by atoms with E-state index < -0.39 is 0 Å². The summed E-state index contributed by atoms with van der Waals surface area (Å²) in [7, 11) is 0. The van der Waals surface area contributed by atoms with E-state index in [4.69, 9.17) is 9.62 Å². The average molecular weight is 322 g/mol. The lowest BCUT2D eigenvalue weighted by molar-refractivity contribution is 0.102. The molecule has 0 bridgehead atoms. The van der Waals surface area contributed by atoms with Crippen molar-refractivity contribution in [2.45, 2.75) is 33.1 Å². The Labute approximate surface area is 139 Å². The summed E-state index contributed by atoms with van der Waals surface area (Å²) in [4.78, 5) is 12.7. The Kier molecular flexibility index (Phi) is 3.45. The van der Waals surface area contributed by atoms with Crippen molar-refractivity contribution >= 4 is 11.7 Å². The van der Waals surface area contributed by atoms with Crippen LogP contribution in [0.2, 0.25) is 0 Å². The van der Waals surface area contributed by atoms with Crippen LogP contribution in [0.4, 0.5) is 5.82 Å². The van der Waals surface area contributed by atoms with Crippen LogP contribution in [0.1, 0.15) is 39.5 Å².